The van der Waals surface area contributed by atoms with Crippen LogP contribution in [0.1, 0.15) is 15.9 Å². The van der Waals surface area contributed by atoms with Crippen LogP contribution in [0.2, 0.25) is 0 Å². The van der Waals surface area contributed by atoms with Crippen LogP contribution in [0.5, 0.6) is 0 Å². The third-order valence-electron chi connectivity index (χ3n) is 2.86. The molecule has 0 N–H and O–H groups in total. The van der Waals surface area contributed by atoms with Gasteiger partial charge in [-0.2, -0.15) is 5.26 Å². The summed E-state index contributed by atoms with van der Waals surface area (Å²) in [5.74, 6) is -0.136. The highest BCUT2D eigenvalue weighted by Crippen LogP contribution is 2.14. The zero-order valence-corrected chi connectivity index (χ0v) is 12.4. The Morgan fingerprint density at radius 3 is 2.35 bits per heavy atom. The lowest BCUT2D eigenvalue weighted by Gasteiger charge is -2.19. The zero-order valence-electron chi connectivity index (χ0n) is 10.8. The molecule has 100 valence electrons. The number of hydrogen-bond donors (Lipinski definition) is 0. The van der Waals surface area contributed by atoms with Crippen LogP contribution in [0.15, 0.2) is 59.1 Å². The molecule has 0 spiro atoms. The van der Waals surface area contributed by atoms with E-state index in [2.05, 4.69) is 15.9 Å². The molecule has 20 heavy (non-hydrogen) atoms. The van der Waals surface area contributed by atoms with Crippen LogP contribution in [0.4, 0.5) is 0 Å². The molecule has 4 heteroatoms. The van der Waals surface area contributed by atoms with Gasteiger partial charge in [-0.15, -0.1) is 0 Å². The first-order valence-corrected chi connectivity index (χ1v) is 6.95. The van der Waals surface area contributed by atoms with Crippen molar-refractivity contribution in [3.63, 3.8) is 0 Å². The van der Waals surface area contributed by atoms with Crippen molar-refractivity contribution in [2.45, 2.75) is 6.54 Å². The van der Waals surface area contributed by atoms with Crippen LogP contribution < -0.4 is 0 Å². The predicted octanol–water partition coefficient (Wildman–Crippen LogP) is 3.62. The monoisotopic (exact) mass is 328 g/mol. The molecule has 0 radical (unpaired) electrons. The Morgan fingerprint density at radius 2 is 1.75 bits per heavy atom. The summed E-state index contributed by atoms with van der Waals surface area (Å²) >= 11 is 3.34. The van der Waals surface area contributed by atoms with E-state index in [4.69, 9.17) is 5.26 Å². The molecule has 3 nitrogen and oxygen atoms in total. The fourth-order valence-electron chi connectivity index (χ4n) is 1.86. The van der Waals surface area contributed by atoms with E-state index in [1.54, 1.807) is 17.0 Å². The first-order valence-electron chi connectivity index (χ1n) is 6.16. The number of carbonyl (C=O) groups is 1. The van der Waals surface area contributed by atoms with Crippen molar-refractivity contribution < 1.29 is 4.79 Å². The third kappa shape index (κ3) is 3.69. The van der Waals surface area contributed by atoms with Gasteiger partial charge in [0, 0.05) is 16.6 Å². The largest absolute Gasteiger partial charge is 0.321 e. The molecule has 0 bridgehead atoms. The summed E-state index contributed by atoms with van der Waals surface area (Å²) in [6.07, 6.45) is 0. The Balaban J connectivity index is 2.18. The fourth-order valence-corrected chi connectivity index (χ4v) is 2.13. The van der Waals surface area contributed by atoms with Gasteiger partial charge in [0.05, 0.1) is 6.07 Å². The van der Waals surface area contributed by atoms with E-state index in [9.17, 15) is 4.79 Å². The number of carbonyl (C=O) groups excluding carboxylic acids is 1. The molecule has 0 unspecified atom stereocenters. The van der Waals surface area contributed by atoms with Crippen molar-refractivity contribution in [1.29, 1.82) is 5.26 Å². The quantitative estimate of drug-likeness (QED) is 0.804. The second kappa shape index (κ2) is 6.88. The molecule has 0 saturated heterocycles. The second-order valence-corrected chi connectivity index (χ2v) is 5.23. The van der Waals surface area contributed by atoms with Crippen LogP contribution in [0.25, 0.3) is 0 Å². The molecule has 0 aliphatic heterocycles. The highest BCUT2D eigenvalue weighted by molar-refractivity contribution is 9.10. The van der Waals surface area contributed by atoms with Gasteiger partial charge in [-0.3, -0.25) is 4.79 Å². The summed E-state index contributed by atoms with van der Waals surface area (Å²) in [6.45, 7) is 0.507. The lowest BCUT2D eigenvalue weighted by atomic mass is 10.1. The number of amides is 1. The number of benzene rings is 2. The molecule has 2 rings (SSSR count). The summed E-state index contributed by atoms with van der Waals surface area (Å²) in [5.41, 5.74) is 1.59. The minimum Gasteiger partial charge on any atom is -0.321 e. The van der Waals surface area contributed by atoms with Gasteiger partial charge in [-0.1, -0.05) is 46.3 Å². The average Bonchev–Trinajstić information content (AvgIpc) is 2.48. The van der Waals surface area contributed by atoms with Gasteiger partial charge >= 0.3 is 0 Å². The topological polar surface area (TPSA) is 44.1 Å². The Bertz CT molecular complexity index is 617. The first-order chi connectivity index (χ1) is 9.70. The van der Waals surface area contributed by atoms with Gasteiger partial charge in [0.15, 0.2) is 0 Å². The third-order valence-corrected chi connectivity index (χ3v) is 3.38. The molecule has 2 aromatic carbocycles. The van der Waals surface area contributed by atoms with Crippen LogP contribution in [0, 0.1) is 11.3 Å². The lowest BCUT2D eigenvalue weighted by molar-refractivity contribution is 0.0765. The molecule has 0 atom stereocenters. The summed E-state index contributed by atoms with van der Waals surface area (Å²) in [7, 11) is 0. The SMILES string of the molecule is N#CCN(Cc1ccccc1)C(=O)c1ccc(Br)cc1. The summed E-state index contributed by atoms with van der Waals surface area (Å²) < 4.78 is 0.920. The van der Waals surface area contributed by atoms with Gasteiger partial charge in [0.2, 0.25) is 0 Å². The number of nitrogens with zero attached hydrogens (tertiary/aromatic N) is 2. The minimum atomic E-state index is -0.136. The van der Waals surface area contributed by atoms with Crippen molar-refractivity contribution in [2.24, 2.45) is 0 Å². The van der Waals surface area contributed by atoms with E-state index in [0.29, 0.717) is 12.1 Å². The maximum absolute atomic E-state index is 12.4. The molecule has 0 aliphatic rings. The van der Waals surface area contributed by atoms with Gasteiger partial charge in [0.25, 0.3) is 5.91 Å². The molecular weight excluding hydrogens is 316 g/mol. The van der Waals surface area contributed by atoms with E-state index in [0.717, 1.165) is 10.0 Å². The highest BCUT2D eigenvalue weighted by atomic mass is 79.9. The summed E-state index contributed by atoms with van der Waals surface area (Å²) in [6, 6.07) is 18.8. The number of nitriles is 1. The standard InChI is InChI=1S/C16H13BrN2O/c17-15-8-6-14(7-9-15)16(20)19(11-10-18)12-13-4-2-1-3-5-13/h1-9H,11-12H2. The van der Waals surface area contributed by atoms with Gasteiger partial charge in [0.1, 0.15) is 6.54 Å². The Labute approximate surface area is 126 Å². The van der Waals surface area contributed by atoms with Gasteiger partial charge < -0.3 is 4.90 Å². The van der Waals surface area contributed by atoms with Crippen LogP contribution in [-0.2, 0) is 6.54 Å². The Hall–Kier alpha value is -2.12. The summed E-state index contributed by atoms with van der Waals surface area (Å²) in [4.78, 5) is 14.0. The predicted molar refractivity (Wildman–Crippen MR) is 80.9 cm³/mol. The molecule has 0 heterocycles. The van der Waals surface area contributed by atoms with E-state index in [1.807, 2.05) is 48.5 Å². The lowest BCUT2D eigenvalue weighted by Crippen LogP contribution is -2.30. The van der Waals surface area contributed by atoms with Crippen molar-refractivity contribution in [2.75, 3.05) is 6.54 Å². The van der Waals surface area contributed by atoms with E-state index in [-0.39, 0.29) is 12.5 Å². The molecule has 0 saturated carbocycles. The van der Waals surface area contributed by atoms with Crippen molar-refractivity contribution in [3.05, 3.63) is 70.2 Å². The van der Waals surface area contributed by atoms with Gasteiger partial charge in [-0.05, 0) is 29.8 Å². The number of halogens is 1. The minimum absolute atomic E-state index is 0.0732. The zero-order chi connectivity index (χ0) is 14.4. The van der Waals surface area contributed by atoms with Crippen molar-refractivity contribution in [1.82, 2.24) is 4.90 Å². The molecule has 0 aromatic heterocycles. The van der Waals surface area contributed by atoms with Crippen LogP contribution in [0.3, 0.4) is 0 Å². The number of rotatable bonds is 4. The maximum Gasteiger partial charge on any atom is 0.255 e. The van der Waals surface area contributed by atoms with Crippen LogP contribution in [-0.4, -0.2) is 17.4 Å². The smallest absolute Gasteiger partial charge is 0.255 e. The van der Waals surface area contributed by atoms with E-state index >= 15 is 0 Å². The van der Waals surface area contributed by atoms with Gasteiger partial charge in [-0.25, -0.2) is 0 Å². The van der Waals surface area contributed by atoms with E-state index < -0.39 is 0 Å². The second-order valence-electron chi connectivity index (χ2n) is 4.31. The average molecular weight is 329 g/mol. The number of hydrogen-bond acceptors (Lipinski definition) is 2. The van der Waals surface area contributed by atoms with Crippen LogP contribution >= 0.6 is 15.9 Å². The van der Waals surface area contributed by atoms with Crippen molar-refractivity contribution in [3.8, 4) is 6.07 Å². The Kier molecular flexibility index (Phi) is 4.91. The maximum atomic E-state index is 12.4. The molecular formula is C16H13BrN2O. The van der Waals surface area contributed by atoms with Crippen molar-refractivity contribution >= 4 is 21.8 Å². The Morgan fingerprint density at radius 1 is 1.10 bits per heavy atom. The van der Waals surface area contributed by atoms with E-state index in [1.165, 1.54) is 0 Å². The summed E-state index contributed by atoms with van der Waals surface area (Å²) in [5, 5.41) is 8.90. The molecule has 2 aromatic rings. The molecule has 1 amide bonds. The first kappa shape index (κ1) is 14.3. The fraction of sp³-hybridized carbons (Fsp3) is 0.125. The molecule has 0 aliphatic carbocycles. The molecule has 0 fully saturated rings. The highest BCUT2D eigenvalue weighted by Gasteiger charge is 2.15. The normalized spacial score (nSPS) is 9.80.